The molecule has 6 nitrogen and oxygen atoms in total. The van der Waals surface area contributed by atoms with Gasteiger partial charge < -0.3 is 21.3 Å². The zero-order chi connectivity index (χ0) is 18.9. The first kappa shape index (κ1) is 20.9. The molecule has 1 fully saturated rings. The van der Waals surface area contributed by atoms with Crippen LogP contribution in [0.3, 0.4) is 0 Å². The van der Waals surface area contributed by atoms with E-state index < -0.39 is 0 Å². The number of nitrogens with two attached hydrogens (primary N) is 1. The van der Waals surface area contributed by atoms with Crippen LogP contribution in [0.15, 0.2) is 38.6 Å². The normalized spacial score (nSPS) is 17.0. The van der Waals surface area contributed by atoms with Crippen molar-refractivity contribution in [1.29, 1.82) is 0 Å². The number of primary amides is 1. The first-order valence-corrected chi connectivity index (χ1v) is 10.7. The zero-order valence-electron chi connectivity index (χ0n) is 15.4. The van der Waals surface area contributed by atoms with Crippen LogP contribution in [0.1, 0.15) is 26.7 Å². The van der Waals surface area contributed by atoms with Crippen molar-refractivity contribution in [3.8, 4) is 0 Å². The number of hydrogen-bond acceptors (Lipinski definition) is 3. The van der Waals surface area contributed by atoms with Crippen LogP contribution in [0.2, 0.25) is 0 Å². The molecule has 1 heterocycles. The van der Waals surface area contributed by atoms with E-state index in [-0.39, 0.29) is 6.03 Å². The van der Waals surface area contributed by atoms with Crippen LogP contribution in [-0.4, -0.2) is 54.4 Å². The summed E-state index contributed by atoms with van der Waals surface area (Å²) in [5.74, 6) is 0.841. The lowest BCUT2D eigenvalue weighted by Gasteiger charge is -2.32. The smallest absolute Gasteiger partial charge is 0.314 e. The van der Waals surface area contributed by atoms with E-state index in [0.29, 0.717) is 24.4 Å². The molecule has 1 saturated heterocycles. The molecule has 2 rings (SSSR count). The Morgan fingerprint density at radius 2 is 2.04 bits per heavy atom. The molecule has 0 bridgehead atoms. The number of carbonyl (C=O) groups excluding carboxylic acids is 1. The number of nitrogens with one attached hydrogen (secondary N) is 2. The summed E-state index contributed by atoms with van der Waals surface area (Å²) in [7, 11) is 0. The number of amides is 2. The van der Waals surface area contributed by atoms with Crippen molar-refractivity contribution in [2.24, 2.45) is 10.7 Å². The average Bonchev–Trinajstić information content (AvgIpc) is 2.62. The Labute approximate surface area is 168 Å². The van der Waals surface area contributed by atoms with Gasteiger partial charge in [0.15, 0.2) is 5.96 Å². The molecule has 1 unspecified atom stereocenters. The number of likely N-dealkylation sites (tertiary alicyclic amines) is 1. The first-order chi connectivity index (χ1) is 12.5. The van der Waals surface area contributed by atoms with E-state index in [1.807, 2.05) is 11.8 Å². The third-order valence-corrected chi connectivity index (χ3v) is 5.77. The molecule has 0 saturated carbocycles. The number of aliphatic imine (C=N–C) groups is 1. The maximum absolute atomic E-state index is 11.2. The fourth-order valence-corrected chi connectivity index (χ4v) is 3.93. The van der Waals surface area contributed by atoms with Crippen LogP contribution in [0.4, 0.5) is 4.79 Å². The largest absolute Gasteiger partial charge is 0.357 e. The van der Waals surface area contributed by atoms with Crippen molar-refractivity contribution in [3.63, 3.8) is 0 Å². The molecule has 0 radical (unpaired) electrons. The van der Waals surface area contributed by atoms with Crippen molar-refractivity contribution in [3.05, 3.63) is 28.7 Å². The molecule has 8 heteroatoms. The van der Waals surface area contributed by atoms with Gasteiger partial charge in [0.05, 0.1) is 6.54 Å². The Bertz CT molecular complexity index is 602. The predicted octanol–water partition coefficient (Wildman–Crippen LogP) is 3.03. The lowest BCUT2D eigenvalue weighted by atomic mass is 10.1. The number of hydrogen-bond donors (Lipinski definition) is 3. The van der Waals surface area contributed by atoms with Gasteiger partial charge in [0.25, 0.3) is 0 Å². The monoisotopic (exact) mass is 441 g/mol. The molecule has 144 valence electrons. The Hall–Kier alpha value is -1.41. The van der Waals surface area contributed by atoms with E-state index in [1.54, 1.807) is 4.90 Å². The minimum atomic E-state index is -0.331. The summed E-state index contributed by atoms with van der Waals surface area (Å²) in [5.41, 5.74) is 5.34. The van der Waals surface area contributed by atoms with Crippen molar-refractivity contribution in [1.82, 2.24) is 15.5 Å². The number of urea groups is 1. The van der Waals surface area contributed by atoms with Crippen LogP contribution < -0.4 is 16.4 Å². The molecule has 1 atom stereocenters. The highest BCUT2D eigenvalue weighted by Crippen LogP contribution is 2.24. The second kappa shape index (κ2) is 10.7. The van der Waals surface area contributed by atoms with E-state index >= 15 is 0 Å². The molecule has 1 aliphatic rings. The second-order valence-electron chi connectivity index (χ2n) is 6.35. The molecule has 0 aromatic heterocycles. The molecule has 0 aliphatic carbocycles. The number of thioether (sulfide) groups is 1. The number of halogens is 1. The summed E-state index contributed by atoms with van der Waals surface area (Å²) in [4.78, 5) is 18.9. The van der Waals surface area contributed by atoms with Crippen LogP contribution in [0.25, 0.3) is 0 Å². The predicted molar refractivity (Wildman–Crippen MR) is 113 cm³/mol. The van der Waals surface area contributed by atoms with Crippen LogP contribution in [0.5, 0.6) is 0 Å². The zero-order valence-corrected chi connectivity index (χ0v) is 17.8. The van der Waals surface area contributed by atoms with E-state index in [1.165, 1.54) is 4.90 Å². The lowest BCUT2D eigenvalue weighted by Crippen LogP contribution is -2.50. The number of carbonyl (C=O) groups is 1. The second-order valence-corrected chi connectivity index (χ2v) is 8.77. The number of guanidine groups is 1. The van der Waals surface area contributed by atoms with Gasteiger partial charge in [-0.15, -0.1) is 11.8 Å². The molecule has 1 aromatic carbocycles. The number of nitrogens with zero attached hydrogens (tertiary/aromatic N) is 2. The van der Waals surface area contributed by atoms with Gasteiger partial charge in [0.2, 0.25) is 0 Å². The van der Waals surface area contributed by atoms with Crippen LogP contribution >= 0.6 is 27.7 Å². The number of rotatable bonds is 6. The van der Waals surface area contributed by atoms with Gasteiger partial charge in [-0.2, -0.15) is 0 Å². The molecular formula is C18H28BrN5OS. The van der Waals surface area contributed by atoms with Gasteiger partial charge in [0, 0.05) is 40.3 Å². The van der Waals surface area contributed by atoms with Gasteiger partial charge in [0.1, 0.15) is 0 Å². The average molecular weight is 442 g/mol. The number of piperidine rings is 1. The summed E-state index contributed by atoms with van der Waals surface area (Å²) in [6.07, 6.45) is 1.77. The lowest BCUT2D eigenvalue weighted by molar-refractivity contribution is 0.188. The van der Waals surface area contributed by atoms with E-state index in [4.69, 9.17) is 10.7 Å². The Kier molecular flexibility index (Phi) is 8.58. The van der Waals surface area contributed by atoms with Gasteiger partial charge in [-0.25, -0.2) is 4.79 Å². The Morgan fingerprint density at radius 1 is 1.38 bits per heavy atom. The molecule has 2 amide bonds. The van der Waals surface area contributed by atoms with Gasteiger partial charge >= 0.3 is 6.03 Å². The quantitative estimate of drug-likeness (QED) is 0.359. The van der Waals surface area contributed by atoms with Crippen molar-refractivity contribution >= 4 is 39.7 Å². The third kappa shape index (κ3) is 7.07. The van der Waals surface area contributed by atoms with Crippen LogP contribution in [-0.2, 0) is 0 Å². The number of benzene rings is 1. The summed E-state index contributed by atoms with van der Waals surface area (Å²) in [6.45, 7) is 7.19. The van der Waals surface area contributed by atoms with E-state index in [2.05, 4.69) is 64.7 Å². The standard InChI is InChI=1S/C18H28BrN5OS/c1-3-21-18(23-15-8-10-24(11-9-15)17(20)25)22-12-13(2)26-16-6-4-14(19)5-7-16/h4-7,13,15H,3,8-12H2,1-2H3,(H2,20,25)(H2,21,22,23). The molecule has 1 aromatic rings. The minimum absolute atomic E-state index is 0.317. The molecule has 0 spiro atoms. The van der Waals surface area contributed by atoms with Crippen molar-refractivity contribution in [2.75, 3.05) is 26.2 Å². The highest BCUT2D eigenvalue weighted by molar-refractivity contribution is 9.10. The van der Waals surface area contributed by atoms with E-state index in [9.17, 15) is 4.79 Å². The maximum atomic E-state index is 11.2. The fourth-order valence-electron chi connectivity index (χ4n) is 2.76. The van der Waals surface area contributed by atoms with Crippen LogP contribution in [0, 0.1) is 0 Å². The topological polar surface area (TPSA) is 82.8 Å². The molecular weight excluding hydrogens is 414 g/mol. The third-order valence-electron chi connectivity index (χ3n) is 4.15. The van der Waals surface area contributed by atoms with Gasteiger partial charge in [-0.1, -0.05) is 22.9 Å². The highest BCUT2D eigenvalue weighted by atomic mass is 79.9. The SMILES string of the molecule is CCNC(=NCC(C)Sc1ccc(Br)cc1)NC1CCN(C(N)=O)CC1. The minimum Gasteiger partial charge on any atom is -0.357 e. The Morgan fingerprint density at radius 3 is 2.62 bits per heavy atom. The van der Waals surface area contributed by atoms with Gasteiger partial charge in [-0.05, 0) is 44.0 Å². The van der Waals surface area contributed by atoms with Crippen molar-refractivity contribution in [2.45, 2.75) is 42.9 Å². The summed E-state index contributed by atoms with van der Waals surface area (Å²) < 4.78 is 1.09. The van der Waals surface area contributed by atoms with Crippen molar-refractivity contribution < 1.29 is 4.79 Å². The highest BCUT2D eigenvalue weighted by Gasteiger charge is 2.21. The fraction of sp³-hybridized carbons (Fsp3) is 0.556. The molecule has 4 N–H and O–H groups in total. The Balaban J connectivity index is 1.83. The molecule has 1 aliphatic heterocycles. The summed E-state index contributed by atoms with van der Waals surface area (Å²) in [5, 5.41) is 7.17. The van der Waals surface area contributed by atoms with E-state index in [0.717, 1.165) is 36.4 Å². The summed E-state index contributed by atoms with van der Waals surface area (Å²) >= 11 is 5.28. The first-order valence-electron chi connectivity index (χ1n) is 8.99. The van der Waals surface area contributed by atoms with Gasteiger partial charge in [-0.3, -0.25) is 4.99 Å². The maximum Gasteiger partial charge on any atom is 0.314 e. The summed E-state index contributed by atoms with van der Waals surface area (Å²) in [6, 6.07) is 8.33. The molecule has 26 heavy (non-hydrogen) atoms.